The Morgan fingerprint density at radius 2 is 1.91 bits per heavy atom. The van der Waals surface area contributed by atoms with Crippen LogP contribution in [0.25, 0.3) is 11.1 Å². The number of aryl methyl sites for hydroxylation is 1. The lowest BCUT2D eigenvalue weighted by atomic mass is 10.0. The van der Waals surface area contributed by atoms with Crippen molar-refractivity contribution in [1.82, 2.24) is 9.55 Å². The molecule has 3 heterocycles. The number of ether oxygens (including phenoxy) is 2. The van der Waals surface area contributed by atoms with E-state index < -0.39 is 0 Å². The molecule has 0 amide bonds. The second-order valence-corrected chi connectivity index (χ2v) is 8.51. The van der Waals surface area contributed by atoms with E-state index in [-0.39, 0.29) is 12.3 Å². The Morgan fingerprint density at radius 1 is 1.03 bits per heavy atom. The number of rotatable bonds is 8. The van der Waals surface area contributed by atoms with E-state index >= 15 is 0 Å². The van der Waals surface area contributed by atoms with E-state index in [1.54, 1.807) is 23.0 Å². The maximum atomic E-state index is 12.8. The summed E-state index contributed by atoms with van der Waals surface area (Å²) in [6.45, 7) is 3.95. The summed E-state index contributed by atoms with van der Waals surface area (Å²) in [5, 5.41) is 3.10. The van der Waals surface area contributed by atoms with E-state index in [4.69, 9.17) is 9.47 Å². The van der Waals surface area contributed by atoms with E-state index in [9.17, 15) is 4.79 Å². The molecule has 1 N–H and O–H groups in total. The first-order chi connectivity index (χ1) is 16.7. The molecule has 2 aromatic heterocycles. The molecular weight excluding hydrogens is 426 g/mol. The Labute approximate surface area is 198 Å². The van der Waals surface area contributed by atoms with E-state index in [1.165, 1.54) is 11.1 Å². The van der Waals surface area contributed by atoms with Gasteiger partial charge in [-0.25, -0.2) is 0 Å². The number of nitrogens with one attached hydrogen (secondary N) is 1. The number of fused-ring (bicyclic) bond motifs is 1. The van der Waals surface area contributed by atoms with Crippen LogP contribution in [0, 0.1) is 6.92 Å². The minimum absolute atomic E-state index is 0.0732. The highest BCUT2D eigenvalue weighted by molar-refractivity contribution is 5.65. The Kier molecular flexibility index (Phi) is 6.40. The van der Waals surface area contributed by atoms with Crippen LogP contribution in [0.15, 0.2) is 84.0 Å². The molecule has 172 valence electrons. The average molecular weight is 454 g/mol. The highest BCUT2D eigenvalue weighted by Gasteiger charge is 2.13. The van der Waals surface area contributed by atoms with Crippen LogP contribution in [-0.2, 0) is 24.3 Å². The van der Waals surface area contributed by atoms with Gasteiger partial charge in [0.2, 0.25) is 0 Å². The number of pyridine rings is 2. The molecule has 1 aliphatic heterocycles. The molecule has 0 spiro atoms. The molecule has 0 saturated heterocycles. The van der Waals surface area contributed by atoms with Gasteiger partial charge >= 0.3 is 0 Å². The van der Waals surface area contributed by atoms with E-state index in [0.717, 1.165) is 41.0 Å². The third-order valence-corrected chi connectivity index (χ3v) is 5.94. The zero-order valence-corrected chi connectivity index (χ0v) is 19.2. The molecule has 0 atom stereocenters. The monoisotopic (exact) mass is 453 g/mol. The van der Waals surface area contributed by atoms with Gasteiger partial charge in [-0.2, -0.15) is 0 Å². The summed E-state index contributed by atoms with van der Waals surface area (Å²) in [6, 6.07) is 20.2. The fourth-order valence-corrected chi connectivity index (χ4v) is 4.07. The Morgan fingerprint density at radius 3 is 2.79 bits per heavy atom. The minimum atomic E-state index is -0.0732. The summed E-state index contributed by atoms with van der Waals surface area (Å²) in [6.07, 6.45) is 6.41. The SMILES string of the molecule is Cc1ccc(Cn2cccc(NCOCc3cncc(-c4ccc5c(c4)CCO5)c3)c2=O)cc1. The first-order valence-corrected chi connectivity index (χ1v) is 11.4. The van der Waals surface area contributed by atoms with Crippen LogP contribution in [0.2, 0.25) is 0 Å². The molecule has 0 aliphatic carbocycles. The zero-order valence-electron chi connectivity index (χ0n) is 19.2. The summed E-state index contributed by atoms with van der Waals surface area (Å²) >= 11 is 0. The first-order valence-electron chi connectivity index (χ1n) is 11.4. The van der Waals surface area contributed by atoms with Gasteiger partial charge in [-0.05, 0) is 59.5 Å². The molecule has 0 fully saturated rings. The van der Waals surface area contributed by atoms with Crippen molar-refractivity contribution in [3.63, 3.8) is 0 Å². The fraction of sp³-hybridized carbons (Fsp3) is 0.214. The zero-order chi connectivity index (χ0) is 23.3. The maximum Gasteiger partial charge on any atom is 0.274 e. The van der Waals surface area contributed by atoms with Crippen molar-refractivity contribution in [2.45, 2.75) is 26.5 Å². The predicted molar refractivity (Wildman–Crippen MR) is 133 cm³/mol. The van der Waals surface area contributed by atoms with Crippen LogP contribution < -0.4 is 15.6 Å². The van der Waals surface area contributed by atoms with Crippen molar-refractivity contribution in [1.29, 1.82) is 0 Å². The van der Waals surface area contributed by atoms with Crippen LogP contribution in [0.1, 0.15) is 22.3 Å². The summed E-state index contributed by atoms with van der Waals surface area (Å²) in [5.41, 5.74) is 7.11. The molecule has 6 heteroatoms. The van der Waals surface area contributed by atoms with Crippen LogP contribution in [0.5, 0.6) is 5.75 Å². The van der Waals surface area contributed by atoms with E-state index in [0.29, 0.717) is 18.8 Å². The van der Waals surface area contributed by atoms with Gasteiger partial charge in [0.15, 0.2) is 0 Å². The van der Waals surface area contributed by atoms with Crippen LogP contribution in [0.4, 0.5) is 5.69 Å². The van der Waals surface area contributed by atoms with Crippen molar-refractivity contribution in [2.24, 2.45) is 0 Å². The van der Waals surface area contributed by atoms with Gasteiger partial charge in [0.25, 0.3) is 5.56 Å². The molecular formula is C28H27N3O3. The van der Waals surface area contributed by atoms with Crippen LogP contribution >= 0.6 is 0 Å². The molecule has 4 aromatic rings. The lowest BCUT2D eigenvalue weighted by Crippen LogP contribution is -2.24. The number of aromatic nitrogens is 2. The Bertz CT molecular complexity index is 1350. The number of hydrogen-bond acceptors (Lipinski definition) is 5. The smallest absolute Gasteiger partial charge is 0.274 e. The molecule has 0 unspecified atom stereocenters. The highest BCUT2D eigenvalue weighted by Crippen LogP contribution is 2.30. The molecule has 0 radical (unpaired) electrons. The number of anilines is 1. The standard InChI is InChI=1S/C28H27N3O3/c1-20-4-6-21(7-5-20)17-31-11-2-3-26(28(31)32)30-19-33-18-22-13-25(16-29-15-22)23-8-9-27-24(14-23)10-12-34-27/h2-9,11,13-16,30H,10,12,17-19H2,1H3. The Balaban J connectivity index is 1.18. The quantitative estimate of drug-likeness (QED) is 0.307. The fourth-order valence-electron chi connectivity index (χ4n) is 4.07. The maximum absolute atomic E-state index is 12.8. The van der Waals surface area contributed by atoms with Gasteiger partial charge in [-0.15, -0.1) is 0 Å². The van der Waals surface area contributed by atoms with Crippen molar-refractivity contribution in [3.05, 3.63) is 112 Å². The van der Waals surface area contributed by atoms with Crippen LogP contribution in [-0.4, -0.2) is 22.9 Å². The average Bonchev–Trinajstić information content (AvgIpc) is 3.33. The lowest BCUT2D eigenvalue weighted by Gasteiger charge is -2.11. The molecule has 5 rings (SSSR count). The molecule has 6 nitrogen and oxygen atoms in total. The van der Waals surface area contributed by atoms with Gasteiger partial charge in [0, 0.05) is 30.6 Å². The van der Waals surface area contributed by atoms with E-state index in [2.05, 4.69) is 47.6 Å². The first kappa shape index (κ1) is 21.9. The molecule has 1 aliphatic rings. The molecule has 2 aromatic carbocycles. The second kappa shape index (κ2) is 9.93. The van der Waals surface area contributed by atoms with Gasteiger partial charge in [-0.3, -0.25) is 9.78 Å². The summed E-state index contributed by atoms with van der Waals surface area (Å²) in [7, 11) is 0. The van der Waals surface area contributed by atoms with Crippen molar-refractivity contribution in [2.75, 3.05) is 18.7 Å². The summed E-state index contributed by atoms with van der Waals surface area (Å²) in [5.74, 6) is 0.973. The van der Waals surface area contributed by atoms with Gasteiger partial charge in [-0.1, -0.05) is 35.9 Å². The third kappa shape index (κ3) is 5.02. The minimum Gasteiger partial charge on any atom is -0.493 e. The normalized spacial score (nSPS) is 12.3. The Hall–Kier alpha value is -3.90. The van der Waals surface area contributed by atoms with Crippen molar-refractivity contribution >= 4 is 5.69 Å². The lowest BCUT2D eigenvalue weighted by molar-refractivity contribution is 0.138. The third-order valence-electron chi connectivity index (χ3n) is 5.94. The highest BCUT2D eigenvalue weighted by atomic mass is 16.5. The van der Waals surface area contributed by atoms with Gasteiger partial charge in [0.1, 0.15) is 18.2 Å². The predicted octanol–water partition coefficient (Wildman–Crippen LogP) is 4.79. The van der Waals surface area contributed by atoms with Gasteiger partial charge < -0.3 is 19.4 Å². The number of benzene rings is 2. The van der Waals surface area contributed by atoms with Crippen molar-refractivity contribution in [3.8, 4) is 16.9 Å². The molecule has 0 bridgehead atoms. The van der Waals surface area contributed by atoms with E-state index in [1.807, 2.05) is 30.5 Å². The molecule has 34 heavy (non-hydrogen) atoms. The topological polar surface area (TPSA) is 65.4 Å². The van der Waals surface area contributed by atoms with Crippen LogP contribution in [0.3, 0.4) is 0 Å². The largest absolute Gasteiger partial charge is 0.493 e. The molecule has 0 saturated carbocycles. The van der Waals surface area contributed by atoms with Gasteiger partial charge in [0.05, 0.1) is 19.8 Å². The van der Waals surface area contributed by atoms with Crippen molar-refractivity contribution < 1.29 is 9.47 Å². The number of hydrogen-bond donors (Lipinski definition) is 1. The second-order valence-electron chi connectivity index (χ2n) is 8.51. The number of nitrogens with zero attached hydrogens (tertiary/aromatic N) is 2. The summed E-state index contributed by atoms with van der Waals surface area (Å²) < 4.78 is 13.1. The summed E-state index contributed by atoms with van der Waals surface area (Å²) in [4.78, 5) is 17.2.